The topological polar surface area (TPSA) is 71.7 Å². The third-order valence-corrected chi connectivity index (χ3v) is 5.79. The molecule has 5 rings (SSSR count). The molecule has 5 nitrogen and oxygen atoms in total. The maximum absolute atomic E-state index is 12.9. The lowest BCUT2D eigenvalue weighted by molar-refractivity contribution is 0.416. The second-order valence-electron chi connectivity index (χ2n) is 7.60. The Labute approximate surface area is 161 Å². The number of hydrogen-bond donors (Lipinski definition) is 2. The molecule has 3 aromatic carbocycles. The Kier molecular flexibility index (Phi) is 3.64. The first-order valence-electron chi connectivity index (χ1n) is 9.46. The maximum atomic E-state index is 12.9. The van der Waals surface area contributed by atoms with E-state index < -0.39 is 5.63 Å². The van der Waals surface area contributed by atoms with Crippen LogP contribution in [0.2, 0.25) is 0 Å². The molecule has 142 valence electrons. The molecule has 0 saturated carbocycles. The van der Waals surface area contributed by atoms with Gasteiger partial charge in [-0.15, -0.1) is 0 Å². The molecule has 0 unspecified atom stereocenters. The Bertz CT molecular complexity index is 1320. The fourth-order valence-corrected chi connectivity index (χ4v) is 4.69. The molecule has 0 amide bonds. The summed E-state index contributed by atoms with van der Waals surface area (Å²) in [6.45, 7) is 4.25. The minimum Gasteiger partial charge on any atom is -0.507 e. The van der Waals surface area contributed by atoms with Crippen molar-refractivity contribution in [3.63, 3.8) is 0 Å². The maximum Gasteiger partial charge on any atom is 0.344 e. The third-order valence-electron chi connectivity index (χ3n) is 5.79. The number of fused-ring (bicyclic) bond motifs is 7. The van der Waals surface area contributed by atoms with E-state index in [9.17, 15) is 9.90 Å². The fourth-order valence-electron chi connectivity index (χ4n) is 4.69. The van der Waals surface area contributed by atoms with Gasteiger partial charge < -0.3 is 19.6 Å². The number of methoxy groups -OCH3 is 1. The highest BCUT2D eigenvalue weighted by molar-refractivity contribution is 6.21. The minimum atomic E-state index is -0.398. The summed E-state index contributed by atoms with van der Waals surface area (Å²) in [4.78, 5) is 12.9. The highest BCUT2D eigenvalue weighted by atomic mass is 16.5. The highest BCUT2D eigenvalue weighted by Gasteiger charge is 2.26. The molecule has 2 atom stereocenters. The van der Waals surface area contributed by atoms with Crippen LogP contribution in [0.1, 0.15) is 31.0 Å². The van der Waals surface area contributed by atoms with Gasteiger partial charge in [0.2, 0.25) is 0 Å². The largest absolute Gasteiger partial charge is 0.507 e. The second-order valence-corrected chi connectivity index (χ2v) is 7.60. The Morgan fingerprint density at radius 2 is 1.93 bits per heavy atom. The van der Waals surface area contributed by atoms with Gasteiger partial charge >= 0.3 is 5.63 Å². The summed E-state index contributed by atoms with van der Waals surface area (Å²) >= 11 is 0. The van der Waals surface area contributed by atoms with Crippen LogP contribution >= 0.6 is 0 Å². The van der Waals surface area contributed by atoms with Crippen molar-refractivity contribution in [1.82, 2.24) is 5.32 Å². The fraction of sp³-hybridized carbons (Fsp3) is 0.261. The molecule has 1 aliphatic heterocycles. The summed E-state index contributed by atoms with van der Waals surface area (Å²) in [6.07, 6.45) is 0.890. The Hall–Kier alpha value is -3.05. The number of phenolic OH excluding ortho intramolecular Hbond substituents is 1. The van der Waals surface area contributed by atoms with E-state index >= 15 is 0 Å². The summed E-state index contributed by atoms with van der Waals surface area (Å²) in [5.74, 6) is 0.577. The molecule has 28 heavy (non-hydrogen) atoms. The van der Waals surface area contributed by atoms with Crippen LogP contribution in [-0.4, -0.2) is 18.3 Å². The molecule has 4 aromatic rings. The number of nitrogens with one attached hydrogen (secondary N) is 1. The number of phenols is 1. The zero-order chi connectivity index (χ0) is 19.6. The average Bonchev–Trinajstić information content (AvgIpc) is 2.66. The lowest BCUT2D eigenvalue weighted by atomic mass is 9.88. The van der Waals surface area contributed by atoms with Crippen LogP contribution in [0.15, 0.2) is 45.6 Å². The summed E-state index contributed by atoms with van der Waals surface area (Å²) in [5, 5.41) is 17.5. The molecule has 2 N–H and O–H groups in total. The van der Waals surface area contributed by atoms with Crippen LogP contribution in [0.5, 0.6) is 11.5 Å². The molecule has 0 fully saturated rings. The van der Waals surface area contributed by atoms with Gasteiger partial charge in [-0.3, -0.25) is 0 Å². The van der Waals surface area contributed by atoms with Crippen LogP contribution in [0.25, 0.3) is 32.5 Å². The zero-order valence-electron chi connectivity index (χ0n) is 16.0. The van der Waals surface area contributed by atoms with Crippen LogP contribution in [0.3, 0.4) is 0 Å². The van der Waals surface area contributed by atoms with Crippen LogP contribution < -0.4 is 15.7 Å². The quantitative estimate of drug-likeness (QED) is 0.381. The van der Waals surface area contributed by atoms with Crippen molar-refractivity contribution in [2.24, 2.45) is 0 Å². The molecule has 2 heterocycles. The SMILES string of the molecule is COc1cc2c(=O)oc3c4c(ccc3c2c2cccc(O)c12)C[C@@H](C)N[C@H]4C. The zero-order valence-corrected chi connectivity index (χ0v) is 16.0. The molecular weight excluding hydrogens is 354 g/mol. The van der Waals surface area contributed by atoms with E-state index in [0.717, 1.165) is 28.1 Å². The predicted octanol–water partition coefficient (Wildman–Crippen LogP) is 4.41. The summed E-state index contributed by atoms with van der Waals surface area (Å²) < 4.78 is 11.3. The minimum absolute atomic E-state index is 0.0842. The van der Waals surface area contributed by atoms with Crippen molar-refractivity contribution in [2.45, 2.75) is 32.4 Å². The number of ether oxygens (including phenoxy) is 1. The van der Waals surface area contributed by atoms with Gasteiger partial charge in [-0.1, -0.05) is 24.3 Å². The first-order chi connectivity index (χ1) is 13.5. The van der Waals surface area contributed by atoms with Gasteiger partial charge in [-0.05, 0) is 43.4 Å². The van der Waals surface area contributed by atoms with Crippen LogP contribution in [-0.2, 0) is 6.42 Å². The van der Waals surface area contributed by atoms with Crippen LogP contribution in [0, 0.1) is 0 Å². The standard InChI is InChI=1S/C23H21NO4/c1-11-9-13-7-8-15-20-14-5-4-6-17(25)21(14)18(27-3)10-16(20)23(26)28-22(15)19(13)12(2)24-11/h4-8,10-12,24-25H,9H2,1-3H3/t11-,12+/m1/s1. The number of hydrogen-bond acceptors (Lipinski definition) is 5. The van der Waals surface area contributed by atoms with Crippen molar-refractivity contribution in [1.29, 1.82) is 0 Å². The lowest BCUT2D eigenvalue weighted by Crippen LogP contribution is -2.36. The van der Waals surface area contributed by atoms with Gasteiger partial charge in [0.05, 0.1) is 17.9 Å². The third kappa shape index (κ3) is 2.26. The molecule has 1 aromatic heterocycles. The van der Waals surface area contributed by atoms with E-state index in [1.165, 1.54) is 12.7 Å². The summed E-state index contributed by atoms with van der Waals surface area (Å²) in [6, 6.07) is 11.6. The smallest absolute Gasteiger partial charge is 0.344 e. The van der Waals surface area contributed by atoms with E-state index in [1.54, 1.807) is 18.2 Å². The van der Waals surface area contributed by atoms with Crippen molar-refractivity contribution in [2.75, 3.05) is 7.11 Å². The van der Waals surface area contributed by atoms with Crippen molar-refractivity contribution in [3.05, 3.63) is 57.9 Å². The number of benzene rings is 3. The lowest BCUT2D eigenvalue weighted by Gasteiger charge is -2.29. The molecule has 0 spiro atoms. The van der Waals surface area contributed by atoms with E-state index in [0.29, 0.717) is 28.1 Å². The number of aromatic hydroxyl groups is 1. The predicted molar refractivity (Wildman–Crippen MR) is 110 cm³/mol. The highest BCUT2D eigenvalue weighted by Crippen LogP contribution is 2.42. The summed E-state index contributed by atoms with van der Waals surface area (Å²) in [5.41, 5.74) is 2.47. The molecule has 0 bridgehead atoms. The molecule has 5 heteroatoms. The van der Waals surface area contributed by atoms with Crippen LogP contribution in [0.4, 0.5) is 0 Å². The van der Waals surface area contributed by atoms with Gasteiger partial charge in [-0.2, -0.15) is 0 Å². The molecule has 1 aliphatic rings. The molecular formula is C23H21NO4. The normalized spacial score (nSPS) is 19.2. The van der Waals surface area contributed by atoms with Gasteiger partial charge in [0.25, 0.3) is 0 Å². The molecule has 0 saturated heterocycles. The number of rotatable bonds is 1. The van der Waals surface area contributed by atoms with E-state index in [1.807, 2.05) is 12.1 Å². The molecule has 0 radical (unpaired) electrons. The van der Waals surface area contributed by atoms with Gasteiger partial charge in [0.15, 0.2) is 0 Å². The van der Waals surface area contributed by atoms with Gasteiger partial charge in [0.1, 0.15) is 17.1 Å². The van der Waals surface area contributed by atoms with Crippen molar-refractivity contribution >= 4 is 32.5 Å². The second kappa shape index (κ2) is 5.97. The first kappa shape index (κ1) is 17.1. The van der Waals surface area contributed by atoms with Crippen molar-refractivity contribution in [3.8, 4) is 11.5 Å². The monoisotopic (exact) mass is 375 g/mol. The Balaban J connectivity index is 2.03. The van der Waals surface area contributed by atoms with Crippen molar-refractivity contribution < 1.29 is 14.3 Å². The average molecular weight is 375 g/mol. The molecule has 0 aliphatic carbocycles. The van der Waals surface area contributed by atoms with E-state index in [-0.39, 0.29) is 11.8 Å². The Morgan fingerprint density at radius 3 is 2.71 bits per heavy atom. The van der Waals surface area contributed by atoms with E-state index in [2.05, 4.69) is 25.2 Å². The van der Waals surface area contributed by atoms with E-state index in [4.69, 9.17) is 9.15 Å². The first-order valence-corrected chi connectivity index (χ1v) is 9.46. The van der Waals surface area contributed by atoms with Gasteiger partial charge in [-0.25, -0.2) is 4.79 Å². The Morgan fingerprint density at radius 1 is 1.11 bits per heavy atom. The summed E-state index contributed by atoms with van der Waals surface area (Å²) in [7, 11) is 1.53. The van der Waals surface area contributed by atoms with Gasteiger partial charge in [0, 0.05) is 28.4 Å².